The van der Waals surface area contributed by atoms with Crippen LogP contribution in [0.25, 0.3) is 10.9 Å². The van der Waals surface area contributed by atoms with E-state index in [1.54, 1.807) is 0 Å². The van der Waals surface area contributed by atoms with Crippen molar-refractivity contribution in [3.05, 3.63) is 35.9 Å². The number of carbonyl (C=O) groups is 1. The Morgan fingerprint density at radius 3 is 2.74 bits per heavy atom. The maximum absolute atomic E-state index is 11.4. The molecule has 1 fully saturated rings. The molecule has 1 aliphatic rings. The van der Waals surface area contributed by atoms with Crippen LogP contribution in [-0.4, -0.2) is 30.9 Å². The number of thioether (sulfide) groups is 1. The van der Waals surface area contributed by atoms with E-state index in [2.05, 4.69) is 21.6 Å². The zero-order valence-electron chi connectivity index (χ0n) is 11.0. The van der Waals surface area contributed by atoms with Gasteiger partial charge in [-0.05, 0) is 12.1 Å². The molecule has 98 valence electrons. The van der Waals surface area contributed by atoms with E-state index in [1.807, 2.05) is 37.0 Å². The van der Waals surface area contributed by atoms with Crippen molar-refractivity contribution in [2.24, 2.45) is 7.05 Å². The quantitative estimate of drug-likeness (QED) is 0.618. The minimum atomic E-state index is 0.785. The van der Waals surface area contributed by atoms with Crippen LogP contribution in [0.4, 0.5) is 5.82 Å². The average molecular weight is 273 g/mol. The number of carbonyl (C=O) groups excluding carboxylic acids is 1. The summed E-state index contributed by atoms with van der Waals surface area (Å²) in [6.07, 6.45) is 0.976. The lowest BCUT2D eigenvalue weighted by Crippen LogP contribution is -2.44. The Labute approximate surface area is 117 Å². The van der Waals surface area contributed by atoms with Crippen molar-refractivity contribution in [3.8, 4) is 0 Å². The van der Waals surface area contributed by atoms with Gasteiger partial charge in [0.1, 0.15) is 11.1 Å². The summed E-state index contributed by atoms with van der Waals surface area (Å²) in [5.41, 5.74) is 1.95. The van der Waals surface area contributed by atoms with Crippen molar-refractivity contribution in [2.75, 3.05) is 29.5 Å². The zero-order valence-corrected chi connectivity index (χ0v) is 11.8. The van der Waals surface area contributed by atoms with Crippen molar-refractivity contribution in [2.45, 2.75) is 0 Å². The summed E-state index contributed by atoms with van der Waals surface area (Å²) in [7, 11) is 2.05. The maximum atomic E-state index is 11.4. The van der Waals surface area contributed by atoms with Gasteiger partial charge in [-0.25, -0.2) is 4.57 Å². The molecule has 1 aliphatic heterocycles. The fourth-order valence-electron chi connectivity index (χ4n) is 2.71. The molecular weight excluding hydrogens is 256 g/mol. The van der Waals surface area contributed by atoms with Crippen molar-refractivity contribution in [1.82, 2.24) is 0 Å². The fourth-order valence-corrected chi connectivity index (χ4v) is 3.61. The molecule has 0 N–H and O–H groups in total. The number of benzene rings is 1. The van der Waals surface area contributed by atoms with Crippen LogP contribution in [-0.2, 0) is 7.05 Å². The average Bonchev–Trinajstić information content (AvgIpc) is 2.48. The molecule has 4 heteroatoms. The first-order valence-electron chi connectivity index (χ1n) is 6.51. The van der Waals surface area contributed by atoms with E-state index in [9.17, 15) is 4.79 Å². The molecule has 0 unspecified atom stereocenters. The summed E-state index contributed by atoms with van der Waals surface area (Å²) in [6.45, 7) is 2.02. The van der Waals surface area contributed by atoms with Gasteiger partial charge >= 0.3 is 0 Å². The van der Waals surface area contributed by atoms with Gasteiger partial charge in [-0.1, -0.05) is 18.2 Å². The molecule has 1 aromatic heterocycles. The molecule has 1 saturated heterocycles. The molecule has 0 bridgehead atoms. The highest BCUT2D eigenvalue weighted by Crippen LogP contribution is 2.22. The number of rotatable bonds is 2. The Hall–Kier alpha value is -1.55. The molecule has 3 rings (SSSR count). The molecule has 0 radical (unpaired) electrons. The van der Waals surface area contributed by atoms with E-state index in [-0.39, 0.29) is 0 Å². The number of hydrogen-bond acceptors (Lipinski definition) is 3. The largest absolute Gasteiger partial charge is 0.298 e. The van der Waals surface area contributed by atoms with Crippen LogP contribution in [0, 0.1) is 0 Å². The first kappa shape index (κ1) is 12.5. The van der Waals surface area contributed by atoms with Crippen LogP contribution in [0.5, 0.6) is 0 Å². The third kappa shape index (κ3) is 2.21. The summed E-state index contributed by atoms with van der Waals surface area (Å²) in [5, 5.41) is 1.11. The molecule has 1 aromatic carbocycles. The van der Waals surface area contributed by atoms with E-state index in [0.29, 0.717) is 0 Å². The van der Waals surface area contributed by atoms with Gasteiger partial charge in [0.2, 0.25) is 0 Å². The third-order valence-corrected chi connectivity index (χ3v) is 4.57. The van der Waals surface area contributed by atoms with Gasteiger partial charge in [-0.3, -0.25) is 9.69 Å². The second-order valence-electron chi connectivity index (χ2n) is 4.76. The highest BCUT2D eigenvalue weighted by molar-refractivity contribution is 7.99. The van der Waals surface area contributed by atoms with Crippen LogP contribution in [0.3, 0.4) is 0 Å². The minimum absolute atomic E-state index is 0.785. The molecule has 2 aromatic rings. The monoisotopic (exact) mass is 273 g/mol. The van der Waals surface area contributed by atoms with Gasteiger partial charge in [0, 0.05) is 16.9 Å². The third-order valence-electron chi connectivity index (χ3n) is 3.62. The molecule has 19 heavy (non-hydrogen) atoms. The minimum Gasteiger partial charge on any atom is -0.298 e. The van der Waals surface area contributed by atoms with Crippen LogP contribution >= 0.6 is 11.8 Å². The predicted molar refractivity (Wildman–Crippen MR) is 80.0 cm³/mol. The molecule has 0 spiro atoms. The Balaban J connectivity index is 2.20. The smallest absolute Gasteiger partial charge is 0.287 e. The van der Waals surface area contributed by atoms with Crippen molar-refractivity contribution >= 4 is 34.8 Å². The maximum Gasteiger partial charge on any atom is 0.287 e. The van der Waals surface area contributed by atoms with E-state index in [0.717, 1.165) is 47.6 Å². The van der Waals surface area contributed by atoms with Crippen LogP contribution in [0.1, 0.15) is 10.4 Å². The summed E-state index contributed by atoms with van der Waals surface area (Å²) in [6, 6.07) is 10.2. The number of aryl methyl sites for hydroxylation is 1. The normalized spacial score (nSPS) is 15.7. The van der Waals surface area contributed by atoms with Gasteiger partial charge in [-0.15, -0.1) is 0 Å². The molecular formula is C15H17N2OS+. The molecule has 0 saturated carbocycles. The van der Waals surface area contributed by atoms with Crippen molar-refractivity contribution in [3.63, 3.8) is 0 Å². The number of para-hydroxylation sites is 1. The molecule has 0 aliphatic carbocycles. The standard InChI is InChI=1S/C15H17N2OS/c1-16-14-5-3-2-4-12(14)10-13(11-18)15(16)17-6-8-19-9-7-17/h2-5,10-11H,6-9H2,1H3/q+1. The highest BCUT2D eigenvalue weighted by atomic mass is 32.2. The lowest BCUT2D eigenvalue weighted by Gasteiger charge is -2.24. The van der Waals surface area contributed by atoms with Crippen LogP contribution in [0.2, 0.25) is 0 Å². The Morgan fingerprint density at radius 2 is 2.00 bits per heavy atom. The second kappa shape index (κ2) is 5.21. The topological polar surface area (TPSA) is 24.2 Å². The number of fused-ring (bicyclic) bond motifs is 1. The fraction of sp³-hybridized carbons (Fsp3) is 0.333. The molecule has 2 heterocycles. The lowest BCUT2D eigenvalue weighted by molar-refractivity contribution is -0.632. The van der Waals surface area contributed by atoms with Crippen molar-refractivity contribution in [1.29, 1.82) is 0 Å². The summed E-state index contributed by atoms with van der Waals surface area (Å²) in [4.78, 5) is 13.7. The van der Waals surface area contributed by atoms with Gasteiger partial charge < -0.3 is 0 Å². The molecule has 3 nitrogen and oxygen atoms in total. The summed E-state index contributed by atoms with van der Waals surface area (Å²) >= 11 is 1.98. The Bertz CT molecular complexity index is 621. The van der Waals surface area contributed by atoms with Crippen LogP contribution in [0.15, 0.2) is 30.3 Å². The first-order valence-corrected chi connectivity index (χ1v) is 7.66. The summed E-state index contributed by atoms with van der Waals surface area (Å²) < 4.78 is 2.15. The number of aromatic nitrogens is 1. The number of hydrogen-bond donors (Lipinski definition) is 0. The van der Waals surface area contributed by atoms with Crippen LogP contribution < -0.4 is 9.47 Å². The van der Waals surface area contributed by atoms with Crippen molar-refractivity contribution < 1.29 is 9.36 Å². The molecule has 0 amide bonds. The molecule has 0 atom stereocenters. The number of pyridine rings is 1. The number of aldehydes is 1. The number of anilines is 1. The van der Waals surface area contributed by atoms with E-state index < -0.39 is 0 Å². The van der Waals surface area contributed by atoms with E-state index in [4.69, 9.17) is 0 Å². The predicted octanol–water partition coefficient (Wildman–Crippen LogP) is 2.03. The zero-order chi connectivity index (χ0) is 13.2. The summed E-state index contributed by atoms with van der Waals surface area (Å²) in [5.74, 6) is 3.31. The van der Waals surface area contributed by atoms with E-state index in [1.165, 1.54) is 5.52 Å². The van der Waals surface area contributed by atoms with Gasteiger partial charge in [-0.2, -0.15) is 11.8 Å². The van der Waals surface area contributed by atoms with Gasteiger partial charge in [0.15, 0.2) is 6.29 Å². The SMILES string of the molecule is C[n+]1c(N2CCSCC2)c(C=O)cc2ccccc21. The number of nitrogens with zero attached hydrogens (tertiary/aromatic N) is 2. The van der Waals surface area contributed by atoms with Gasteiger partial charge in [0.05, 0.1) is 20.1 Å². The Kier molecular flexibility index (Phi) is 3.42. The Morgan fingerprint density at radius 1 is 1.26 bits per heavy atom. The first-order chi connectivity index (χ1) is 9.31. The van der Waals surface area contributed by atoms with Gasteiger partial charge in [0.25, 0.3) is 5.82 Å². The second-order valence-corrected chi connectivity index (χ2v) is 5.98. The highest BCUT2D eigenvalue weighted by Gasteiger charge is 2.26. The lowest BCUT2D eigenvalue weighted by atomic mass is 10.1. The van der Waals surface area contributed by atoms with E-state index >= 15 is 0 Å².